The molecule has 0 unspecified atom stereocenters. The van der Waals surface area contributed by atoms with E-state index in [2.05, 4.69) is 10.6 Å². The molecule has 2 N–H and O–H groups in total. The van der Waals surface area contributed by atoms with Crippen LogP contribution < -0.4 is 16.4 Å². The molecule has 0 saturated carbocycles. The van der Waals surface area contributed by atoms with Gasteiger partial charge >= 0.3 is 5.76 Å². The molecule has 0 bridgehead atoms. The fraction of sp³-hybridized carbons (Fsp3) is 0.429. The number of aromatic nitrogens is 1. The van der Waals surface area contributed by atoms with E-state index in [4.69, 9.17) is 4.42 Å². The Morgan fingerprint density at radius 1 is 1.38 bits per heavy atom. The van der Waals surface area contributed by atoms with Gasteiger partial charge in [-0.05, 0) is 12.1 Å². The summed E-state index contributed by atoms with van der Waals surface area (Å²) in [4.78, 5) is 23.5. The molecule has 6 nitrogen and oxygen atoms in total. The van der Waals surface area contributed by atoms with Crippen molar-refractivity contribution in [2.45, 2.75) is 13.0 Å². The molecule has 1 aromatic carbocycles. The van der Waals surface area contributed by atoms with Gasteiger partial charge in [-0.1, -0.05) is 12.1 Å². The molecule has 2 aromatic rings. The Balaban J connectivity index is 0.00000161. The van der Waals surface area contributed by atoms with Gasteiger partial charge in [-0.2, -0.15) is 0 Å². The van der Waals surface area contributed by atoms with Crippen LogP contribution in [0.4, 0.5) is 0 Å². The van der Waals surface area contributed by atoms with Crippen LogP contribution in [0.25, 0.3) is 11.1 Å². The molecule has 0 aliphatic carbocycles. The molecule has 1 aliphatic rings. The number of rotatable bonds is 5. The van der Waals surface area contributed by atoms with E-state index in [1.54, 1.807) is 6.07 Å². The van der Waals surface area contributed by atoms with Crippen LogP contribution in [0.5, 0.6) is 0 Å². The third-order valence-electron chi connectivity index (χ3n) is 3.59. The second kappa shape index (κ2) is 6.78. The van der Waals surface area contributed by atoms with E-state index >= 15 is 0 Å². The summed E-state index contributed by atoms with van der Waals surface area (Å²) >= 11 is 0. The summed E-state index contributed by atoms with van der Waals surface area (Å²) in [5.74, 6) is 0.0905. The quantitative estimate of drug-likeness (QED) is 0.854. The van der Waals surface area contributed by atoms with Gasteiger partial charge in [0.1, 0.15) is 0 Å². The second-order valence-electron chi connectivity index (χ2n) is 5.07. The molecule has 2 heterocycles. The number of carbonyl (C=O) groups excluding carboxylic acids is 1. The van der Waals surface area contributed by atoms with E-state index in [0.29, 0.717) is 24.6 Å². The van der Waals surface area contributed by atoms with Gasteiger partial charge in [0.05, 0.1) is 5.52 Å². The molecule has 0 spiro atoms. The van der Waals surface area contributed by atoms with Crippen LogP contribution in [0.3, 0.4) is 0 Å². The van der Waals surface area contributed by atoms with Crippen LogP contribution in [-0.2, 0) is 11.3 Å². The number of nitrogens with one attached hydrogen (secondary N) is 2. The van der Waals surface area contributed by atoms with Crippen LogP contribution in [0, 0.1) is 5.92 Å². The maximum Gasteiger partial charge on any atom is 0.419 e. The van der Waals surface area contributed by atoms with E-state index in [1.807, 2.05) is 18.2 Å². The van der Waals surface area contributed by atoms with Gasteiger partial charge in [-0.3, -0.25) is 9.36 Å². The predicted molar refractivity (Wildman–Crippen MR) is 81.7 cm³/mol. The molecule has 114 valence electrons. The number of aryl methyl sites for hydroxylation is 1. The Bertz CT molecular complexity index is 675. The number of oxazole rings is 1. The normalized spacial score (nSPS) is 14.5. The largest absolute Gasteiger partial charge is 0.419 e. The maximum atomic E-state index is 11.8. The summed E-state index contributed by atoms with van der Waals surface area (Å²) in [6, 6.07) is 7.22. The second-order valence-corrected chi connectivity index (χ2v) is 5.07. The van der Waals surface area contributed by atoms with Gasteiger partial charge in [0.2, 0.25) is 5.91 Å². The van der Waals surface area contributed by atoms with E-state index < -0.39 is 5.76 Å². The van der Waals surface area contributed by atoms with Gasteiger partial charge < -0.3 is 15.1 Å². The van der Waals surface area contributed by atoms with Crippen LogP contribution >= 0.6 is 12.4 Å². The number of nitrogens with zero attached hydrogens (tertiary/aromatic N) is 1. The third kappa shape index (κ3) is 3.46. The molecule has 1 aromatic heterocycles. The van der Waals surface area contributed by atoms with Crippen LogP contribution in [0.2, 0.25) is 0 Å². The fourth-order valence-electron chi connectivity index (χ4n) is 2.28. The fourth-order valence-corrected chi connectivity index (χ4v) is 2.28. The summed E-state index contributed by atoms with van der Waals surface area (Å²) < 4.78 is 6.62. The molecule has 1 saturated heterocycles. The number of hydrogen-bond donors (Lipinski definition) is 2. The number of halogens is 1. The monoisotopic (exact) mass is 311 g/mol. The first kappa shape index (κ1) is 15.6. The molecule has 1 aliphatic heterocycles. The van der Waals surface area contributed by atoms with Crippen LogP contribution in [-0.4, -0.2) is 30.1 Å². The van der Waals surface area contributed by atoms with Gasteiger partial charge in [-0.25, -0.2) is 4.79 Å². The average molecular weight is 312 g/mol. The lowest BCUT2D eigenvalue weighted by Crippen LogP contribution is -2.48. The van der Waals surface area contributed by atoms with Gasteiger partial charge in [0, 0.05) is 38.5 Å². The Labute approximate surface area is 127 Å². The molecular weight excluding hydrogens is 294 g/mol. The first-order valence-corrected chi connectivity index (χ1v) is 6.80. The first-order chi connectivity index (χ1) is 9.74. The zero-order valence-electron chi connectivity index (χ0n) is 11.5. The number of amides is 1. The molecule has 1 amide bonds. The van der Waals surface area contributed by atoms with Crippen molar-refractivity contribution in [1.29, 1.82) is 0 Å². The molecule has 0 radical (unpaired) electrons. The minimum atomic E-state index is -0.415. The highest BCUT2D eigenvalue weighted by molar-refractivity contribution is 5.85. The highest BCUT2D eigenvalue weighted by Crippen LogP contribution is 2.11. The Morgan fingerprint density at radius 3 is 2.86 bits per heavy atom. The van der Waals surface area contributed by atoms with Crippen molar-refractivity contribution in [2.24, 2.45) is 5.92 Å². The van der Waals surface area contributed by atoms with Gasteiger partial charge in [0.15, 0.2) is 5.58 Å². The lowest BCUT2D eigenvalue weighted by atomic mass is 10.0. The maximum absolute atomic E-state index is 11.8. The summed E-state index contributed by atoms with van der Waals surface area (Å²) in [5.41, 5.74) is 1.28. The molecule has 3 rings (SSSR count). The Kier molecular flexibility index (Phi) is 5.03. The Morgan fingerprint density at radius 2 is 2.14 bits per heavy atom. The minimum absolute atomic E-state index is 0. The van der Waals surface area contributed by atoms with Crippen LogP contribution in [0.15, 0.2) is 33.5 Å². The molecule has 21 heavy (non-hydrogen) atoms. The lowest BCUT2D eigenvalue weighted by molar-refractivity contribution is -0.121. The van der Waals surface area contributed by atoms with Gasteiger partial charge in [-0.15, -0.1) is 12.4 Å². The van der Waals surface area contributed by atoms with Crippen molar-refractivity contribution in [2.75, 3.05) is 19.6 Å². The molecular formula is C14H18ClN3O3. The van der Waals surface area contributed by atoms with Crippen molar-refractivity contribution < 1.29 is 9.21 Å². The van der Waals surface area contributed by atoms with Crippen molar-refractivity contribution in [1.82, 2.24) is 15.2 Å². The van der Waals surface area contributed by atoms with Gasteiger partial charge in [0.25, 0.3) is 0 Å². The average Bonchev–Trinajstić information content (AvgIpc) is 2.70. The predicted octanol–water partition coefficient (Wildman–Crippen LogP) is 0.742. The van der Waals surface area contributed by atoms with E-state index in [9.17, 15) is 9.59 Å². The van der Waals surface area contributed by atoms with E-state index in [0.717, 1.165) is 18.6 Å². The standard InChI is InChI=1S/C14H17N3O3.ClH/c18-13(16-9-10-7-15-8-10)5-6-17-11-3-1-2-4-12(11)20-14(17)19;/h1-4,10,15H,5-9H2,(H,16,18);1H. The highest BCUT2D eigenvalue weighted by atomic mass is 35.5. The number of fused-ring (bicyclic) bond motifs is 1. The van der Waals surface area contributed by atoms with E-state index in [1.165, 1.54) is 4.57 Å². The minimum Gasteiger partial charge on any atom is -0.408 e. The topological polar surface area (TPSA) is 76.3 Å². The summed E-state index contributed by atoms with van der Waals surface area (Å²) in [6.07, 6.45) is 0.281. The number of benzene rings is 1. The molecule has 0 atom stereocenters. The smallest absolute Gasteiger partial charge is 0.408 e. The number of carbonyl (C=O) groups is 1. The van der Waals surface area contributed by atoms with Crippen molar-refractivity contribution >= 4 is 29.4 Å². The third-order valence-corrected chi connectivity index (χ3v) is 3.59. The number of hydrogen-bond acceptors (Lipinski definition) is 4. The SMILES string of the molecule is Cl.O=C(CCn1c(=O)oc2ccccc21)NCC1CNC1. The van der Waals surface area contributed by atoms with Crippen molar-refractivity contribution in [3.63, 3.8) is 0 Å². The Hall–Kier alpha value is -1.79. The summed E-state index contributed by atoms with van der Waals surface area (Å²) in [7, 11) is 0. The van der Waals surface area contributed by atoms with Crippen molar-refractivity contribution in [3.05, 3.63) is 34.8 Å². The van der Waals surface area contributed by atoms with Crippen LogP contribution in [0.1, 0.15) is 6.42 Å². The number of para-hydroxylation sites is 2. The highest BCUT2D eigenvalue weighted by Gasteiger charge is 2.17. The van der Waals surface area contributed by atoms with E-state index in [-0.39, 0.29) is 24.7 Å². The zero-order valence-corrected chi connectivity index (χ0v) is 12.3. The first-order valence-electron chi connectivity index (χ1n) is 6.80. The lowest BCUT2D eigenvalue weighted by Gasteiger charge is -2.27. The summed E-state index contributed by atoms with van der Waals surface area (Å²) in [6.45, 7) is 2.97. The molecule has 1 fully saturated rings. The zero-order chi connectivity index (χ0) is 13.9. The van der Waals surface area contributed by atoms with Crippen molar-refractivity contribution in [3.8, 4) is 0 Å². The summed E-state index contributed by atoms with van der Waals surface area (Å²) in [5, 5.41) is 6.05. The molecule has 7 heteroatoms.